The number of halogens is 3. The van der Waals surface area contributed by atoms with E-state index in [0.29, 0.717) is 30.4 Å². The van der Waals surface area contributed by atoms with Crippen LogP contribution < -0.4 is 14.4 Å². The van der Waals surface area contributed by atoms with Crippen LogP contribution in [0.1, 0.15) is 24.8 Å². The smallest absolute Gasteiger partial charge is 0.409 e. The molecule has 0 aromatic heterocycles. The topological polar surface area (TPSA) is 124 Å². The van der Waals surface area contributed by atoms with E-state index in [-0.39, 0.29) is 57.1 Å². The Hall–Kier alpha value is -4.21. The van der Waals surface area contributed by atoms with Crippen LogP contribution in [0.2, 0.25) is 5.02 Å². The van der Waals surface area contributed by atoms with Crippen molar-refractivity contribution in [3.8, 4) is 11.5 Å². The summed E-state index contributed by atoms with van der Waals surface area (Å²) in [6.07, 6.45) is 1.38. The van der Waals surface area contributed by atoms with E-state index in [9.17, 15) is 18.4 Å². The zero-order valence-corrected chi connectivity index (χ0v) is 26.8. The molecule has 0 unspecified atom stereocenters. The van der Waals surface area contributed by atoms with Crippen molar-refractivity contribution in [2.24, 2.45) is 0 Å². The van der Waals surface area contributed by atoms with Gasteiger partial charge in [0.15, 0.2) is 11.6 Å². The predicted molar refractivity (Wildman–Crippen MR) is 169 cm³/mol. The maximum Gasteiger partial charge on any atom is 0.409 e. The fourth-order valence-corrected chi connectivity index (χ4v) is 5.53. The van der Waals surface area contributed by atoms with Gasteiger partial charge in [0.1, 0.15) is 30.8 Å². The highest BCUT2D eigenvalue weighted by Crippen LogP contribution is 2.33. The van der Waals surface area contributed by atoms with Gasteiger partial charge in [-0.25, -0.2) is 13.6 Å². The molecule has 3 aromatic carbocycles. The third-order valence-electron chi connectivity index (χ3n) is 7.89. The van der Waals surface area contributed by atoms with Gasteiger partial charge in [-0.15, -0.1) is 0 Å². The van der Waals surface area contributed by atoms with Crippen LogP contribution in [0.15, 0.2) is 66.7 Å². The first-order chi connectivity index (χ1) is 23.2. The van der Waals surface area contributed by atoms with Gasteiger partial charge in [-0.1, -0.05) is 29.8 Å². The van der Waals surface area contributed by atoms with Gasteiger partial charge in [0.05, 0.1) is 25.1 Å². The Morgan fingerprint density at radius 2 is 1.67 bits per heavy atom. The van der Waals surface area contributed by atoms with E-state index in [2.05, 4.69) is 4.84 Å². The van der Waals surface area contributed by atoms with Crippen molar-refractivity contribution in [1.29, 1.82) is 0 Å². The van der Waals surface area contributed by atoms with Gasteiger partial charge in [0.25, 0.3) is 0 Å². The molecule has 1 aliphatic carbocycles. The van der Waals surface area contributed by atoms with Gasteiger partial charge >= 0.3 is 6.09 Å². The Labute approximate surface area is 281 Å². The minimum atomic E-state index is -0.726. The molecule has 2 amide bonds. The lowest BCUT2D eigenvalue weighted by atomic mass is 10.1. The number of benzene rings is 3. The third kappa shape index (κ3) is 9.67. The molecule has 5 rings (SSSR count). The summed E-state index contributed by atoms with van der Waals surface area (Å²) in [5.41, 5.74) is 1.57. The third-order valence-corrected chi connectivity index (χ3v) is 8.25. The second kappa shape index (κ2) is 16.8. The SMILES string of the molecule is O=C(OCCCON(O)O)N1CCN(c2ccc(OCCOc3cc(F)ccc3F)cc2)[C@@H](C(=O)N(Cc2ccccc2Cl)C2CC2)C1. The van der Waals surface area contributed by atoms with E-state index in [0.717, 1.165) is 42.3 Å². The van der Waals surface area contributed by atoms with Gasteiger partial charge in [0, 0.05) is 48.9 Å². The highest BCUT2D eigenvalue weighted by atomic mass is 35.5. The van der Waals surface area contributed by atoms with E-state index >= 15 is 0 Å². The van der Waals surface area contributed by atoms with E-state index < -0.39 is 29.2 Å². The van der Waals surface area contributed by atoms with Gasteiger partial charge in [-0.2, -0.15) is 0 Å². The molecule has 0 bridgehead atoms. The molecule has 1 saturated heterocycles. The summed E-state index contributed by atoms with van der Waals surface area (Å²) in [7, 11) is 0. The lowest BCUT2D eigenvalue weighted by Crippen LogP contribution is -2.61. The van der Waals surface area contributed by atoms with Crippen molar-refractivity contribution in [3.05, 3.63) is 89.0 Å². The lowest BCUT2D eigenvalue weighted by Gasteiger charge is -2.43. The molecule has 258 valence electrons. The molecule has 48 heavy (non-hydrogen) atoms. The van der Waals surface area contributed by atoms with Crippen LogP contribution in [-0.4, -0.2) is 95.8 Å². The van der Waals surface area contributed by atoms with Crippen LogP contribution in [-0.2, 0) is 20.9 Å². The van der Waals surface area contributed by atoms with Crippen molar-refractivity contribution in [1.82, 2.24) is 15.2 Å². The largest absolute Gasteiger partial charge is 0.490 e. The Balaban J connectivity index is 1.26. The van der Waals surface area contributed by atoms with Gasteiger partial charge in [-0.05, 0) is 60.9 Å². The minimum Gasteiger partial charge on any atom is -0.490 e. The molecular formula is C33H37ClF2N4O8. The molecule has 1 heterocycles. The number of carbonyl (C=O) groups is 2. The predicted octanol–water partition coefficient (Wildman–Crippen LogP) is 5.30. The average molecular weight is 691 g/mol. The molecule has 1 aliphatic heterocycles. The van der Waals surface area contributed by atoms with E-state index in [1.54, 1.807) is 18.2 Å². The average Bonchev–Trinajstić information content (AvgIpc) is 3.93. The van der Waals surface area contributed by atoms with Crippen LogP contribution in [0.25, 0.3) is 0 Å². The molecule has 12 nitrogen and oxygen atoms in total. The quantitative estimate of drug-likeness (QED) is 0.161. The Bertz CT molecular complexity index is 1530. The maximum absolute atomic E-state index is 14.3. The zero-order valence-electron chi connectivity index (χ0n) is 26.1. The summed E-state index contributed by atoms with van der Waals surface area (Å²) in [6.45, 7) is 1.03. The first-order valence-corrected chi connectivity index (χ1v) is 15.9. The summed E-state index contributed by atoms with van der Waals surface area (Å²) in [6, 6.07) is 16.8. The normalized spacial score (nSPS) is 16.2. The molecule has 2 fully saturated rings. The van der Waals surface area contributed by atoms with Gasteiger partial charge in [0.2, 0.25) is 5.91 Å². The lowest BCUT2D eigenvalue weighted by molar-refractivity contribution is -0.492. The minimum absolute atomic E-state index is 0.00642. The first kappa shape index (κ1) is 35.1. The molecular weight excluding hydrogens is 654 g/mol. The fourth-order valence-electron chi connectivity index (χ4n) is 5.33. The Morgan fingerprint density at radius 3 is 2.40 bits per heavy atom. The van der Waals surface area contributed by atoms with E-state index in [1.165, 1.54) is 4.90 Å². The van der Waals surface area contributed by atoms with Crippen LogP contribution in [0.4, 0.5) is 19.3 Å². The zero-order chi connectivity index (χ0) is 34.0. The summed E-state index contributed by atoms with van der Waals surface area (Å²) in [5, 5.41) is 17.5. The fraction of sp³-hybridized carbons (Fsp3) is 0.394. The summed E-state index contributed by atoms with van der Waals surface area (Å²) in [4.78, 5) is 37.1. The number of anilines is 1. The van der Waals surface area contributed by atoms with Crippen molar-refractivity contribution in [2.45, 2.75) is 37.9 Å². The van der Waals surface area contributed by atoms with E-state index in [4.69, 9.17) is 36.2 Å². The van der Waals surface area contributed by atoms with Crippen LogP contribution in [0.5, 0.6) is 11.5 Å². The van der Waals surface area contributed by atoms with E-state index in [1.807, 2.05) is 40.1 Å². The molecule has 0 spiro atoms. The van der Waals surface area contributed by atoms with Crippen LogP contribution in [0.3, 0.4) is 0 Å². The number of carbonyl (C=O) groups excluding carboxylic acids is 2. The Kier molecular flexibility index (Phi) is 12.3. The number of amides is 2. The highest BCUT2D eigenvalue weighted by molar-refractivity contribution is 6.31. The number of ether oxygens (including phenoxy) is 3. The van der Waals surface area contributed by atoms with Crippen molar-refractivity contribution < 1.29 is 47.8 Å². The second-order valence-corrected chi connectivity index (χ2v) is 11.7. The molecule has 2 aliphatic rings. The molecule has 15 heteroatoms. The van der Waals surface area contributed by atoms with Crippen molar-refractivity contribution >= 4 is 29.3 Å². The monoisotopic (exact) mass is 690 g/mol. The molecule has 3 aromatic rings. The van der Waals surface area contributed by atoms with Gasteiger partial charge in [-0.3, -0.25) is 20.0 Å². The molecule has 1 saturated carbocycles. The second-order valence-electron chi connectivity index (χ2n) is 11.3. The number of rotatable bonds is 15. The number of hydrogen-bond donors (Lipinski definition) is 2. The molecule has 0 radical (unpaired) electrons. The highest BCUT2D eigenvalue weighted by Gasteiger charge is 2.42. The summed E-state index contributed by atoms with van der Waals surface area (Å²) in [5.74, 6) is -1.10. The van der Waals surface area contributed by atoms with Gasteiger partial charge < -0.3 is 28.9 Å². The van der Waals surface area contributed by atoms with Crippen LogP contribution in [0, 0.1) is 11.6 Å². The maximum atomic E-state index is 14.3. The molecule has 1 atom stereocenters. The summed E-state index contributed by atoms with van der Waals surface area (Å²) >= 11 is 6.46. The standard InChI is InChI=1S/C33H37ClF2N4O8/c34-28-5-2-1-4-23(28)21-39(26-7-8-26)32(41)30-22-37(33(42)47-16-3-17-48-40(43)44)14-15-38(30)25-9-11-27(12-10-25)45-18-19-46-31-20-24(35)6-13-29(31)36/h1-2,4-6,9-13,20,26,30,43-44H,3,7-8,14-19,21-22H2/t30-/m1/s1. The summed E-state index contributed by atoms with van der Waals surface area (Å²) < 4.78 is 43.6. The van der Waals surface area contributed by atoms with Crippen LogP contribution >= 0.6 is 11.6 Å². The first-order valence-electron chi connectivity index (χ1n) is 15.5. The number of piperazine rings is 1. The number of nitrogens with zero attached hydrogens (tertiary/aromatic N) is 4. The van der Waals surface area contributed by atoms with Crippen molar-refractivity contribution in [3.63, 3.8) is 0 Å². The van der Waals surface area contributed by atoms with Crippen molar-refractivity contribution in [2.75, 3.05) is 51.0 Å². The number of hydrogen-bond acceptors (Lipinski definition) is 10. The molecule has 2 N–H and O–H groups in total. The Morgan fingerprint density at radius 1 is 0.917 bits per heavy atom.